The molecule has 26 heavy (non-hydrogen) atoms. The first-order valence-corrected chi connectivity index (χ1v) is 11.0. The molecular weight excluding hydrogens is 364 g/mol. The Morgan fingerprint density at radius 2 is 2.23 bits per heavy atom. The lowest BCUT2D eigenvalue weighted by Crippen LogP contribution is -2.33. The van der Waals surface area contributed by atoms with Gasteiger partial charge in [-0.15, -0.1) is 28.1 Å². The second-order valence-corrected chi connectivity index (χ2v) is 8.82. The van der Waals surface area contributed by atoms with Gasteiger partial charge in [0.05, 0.1) is 5.75 Å². The largest absolute Gasteiger partial charge is 0.353 e. The van der Waals surface area contributed by atoms with Crippen LogP contribution < -0.4 is 5.32 Å². The van der Waals surface area contributed by atoms with Gasteiger partial charge in [0.2, 0.25) is 5.91 Å². The highest BCUT2D eigenvalue weighted by Crippen LogP contribution is 2.31. The van der Waals surface area contributed by atoms with Gasteiger partial charge in [0, 0.05) is 28.4 Å². The standard InChI is InChI=1S/C19H26N4OS2/c1-4-9-23-18(14-10-16(13(2)3)25-11-14)21-22-19(23)26-12-17(24)20-15-7-5-6-8-15/h4,10-11,13,15H,1,5-9,12H2,2-3H3,(H,20,24). The van der Waals surface area contributed by atoms with E-state index in [1.807, 2.05) is 10.6 Å². The van der Waals surface area contributed by atoms with Crippen molar-refractivity contribution in [2.45, 2.75) is 63.2 Å². The van der Waals surface area contributed by atoms with E-state index in [-0.39, 0.29) is 5.91 Å². The zero-order valence-corrected chi connectivity index (χ0v) is 17.0. The van der Waals surface area contributed by atoms with Crippen molar-refractivity contribution in [1.82, 2.24) is 20.1 Å². The molecule has 1 aliphatic rings. The summed E-state index contributed by atoms with van der Waals surface area (Å²) in [6.45, 7) is 8.85. The van der Waals surface area contributed by atoms with Gasteiger partial charge in [-0.05, 0) is 24.8 Å². The van der Waals surface area contributed by atoms with Crippen LogP contribution >= 0.6 is 23.1 Å². The predicted molar refractivity (Wildman–Crippen MR) is 109 cm³/mol. The maximum absolute atomic E-state index is 12.2. The molecule has 2 aromatic rings. The van der Waals surface area contributed by atoms with Gasteiger partial charge in [0.15, 0.2) is 11.0 Å². The summed E-state index contributed by atoms with van der Waals surface area (Å²) < 4.78 is 2.03. The SMILES string of the molecule is C=CCn1c(SCC(=O)NC2CCCC2)nnc1-c1csc(C(C)C)c1. The van der Waals surface area contributed by atoms with Crippen LogP contribution in [0.15, 0.2) is 29.3 Å². The Labute approximate surface area is 163 Å². The van der Waals surface area contributed by atoms with Crippen molar-refractivity contribution < 1.29 is 4.79 Å². The molecule has 2 heterocycles. The molecule has 5 nitrogen and oxygen atoms in total. The first-order chi connectivity index (χ1) is 12.6. The number of aromatic nitrogens is 3. The Morgan fingerprint density at radius 1 is 1.46 bits per heavy atom. The van der Waals surface area contributed by atoms with E-state index in [2.05, 4.69) is 47.4 Å². The quantitative estimate of drug-likeness (QED) is 0.534. The summed E-state index contributed by atoms with van der Waals surface area (Å²) in [4.78, 5) is 13.5. The fraction of sp³-hybridized carbons (Fsp3) is 0.526. The summed E-state index contributed by atoms with van der Waals surface area (Å²) in [5.74, 6) is 1.78. The van der Waals surface area contributed by atoms with Crippen molar-refractivity contribution in [2.75, 3.05) is 5.75 Å². The molecule has 0 bridgehead atoms. The lowest BCUT2D eigenvalue weighted by Gasteiger charge is -2.11. The zero-order valence-electron chi connectivity index (χ0n) is 15.4. The van der Waals surface area contributed by atoms with Crippen LogP contribution in [0.5, 0.6) is 0 Å². The van der Waals surface area contributed by atoms with Gasteiger partial charge in [-0.25, -0.2) is 0 Å². The van der Waals surface area contributed by atoms with Crippen molar-refractivity contribution in [3.05, 3.63) is 29.0 Å². The topological polar surface area (TPSA) is 59.8 Å². The van der Waals surface area contributed by atoms with E-state index < -0.39 is 0 Å². The van der Waals surface area contributed by atoms with Crippen molar-refractivity contribution in [3.8, 4) is 11.4 Å². The minimum absolute atomic E-state index is 0.0780. The molecular formula is C19H26N4OS2. The smallest absolute Gasteiger partial charge is 0.230 e. The average Bonchev–Trinajstić information content (AvgIpc) is 3.34. The molecule has 0 unspecified atom stereocenters. The number of hydrogen-bond acceptors (Lipinski definition) is 5. The molecule has 0 aromatic carbocycles. The highest BCUT2D eigenvalue weighted by Gasteiger charge is 2.19. The monoisotopic (exact) mass is 390 g/mol. The Kier molecular flexibility index (Phi) is 6.53. The summed E-state index contributed by atoms with van der Waals surface area (Å²) in [5, 5.41) is 14.7. The maximum Gasteiger partial charge on any atom is 0.230 e. The fourth-order valence-corrected chi connectivity index (χ4v) is 4.81. The molecule has 0 atom stereocenters. The summed E-state index contributed by atoms with van der Waals surface area (Å²) in [6.07, 6.45) is 6.47. The molecule has 1 aliphatic carbocycles. The van der Waals surface area contributed by atoms with Crippen LogP contribution in [0, 0.1) is 0 Å². The van der Waals surface area contributed by atoms with Crippen LogP contribution in [0.25, 0.3) is 11.4 Å². The lowest BCUT2D eigenvalue weighted by molar-refractivity contribution is -0.119. The van der Waals surface area contributed by atoms with E-state index in [9.17, 15) is 4.79 Å². The Bertz CT molecular complexity index is 759. The zero-order chi connectivity index (χ0) is 18.5. The number of thioether (sulfide) groups is 1. The molecule has 1 saturated carbocycles. The molecule has 0 aliphatic heterocycles. The van der Waals surface area contributed by atoms with Crippen LogP contribution in [-0.4, -0.2) is 32.5 Å². The van der Waals surface area contributed by atoms with Crippen LogP contribution in [0.1, 0.15) is 50.3 Å². The van der Waals surface area contributed by atoms with E-state index >= 15 is 0 Å². The van der Waals surface area contributed by atoms with Gasteiger partial charge in [0.1, 0.15) is 0 Å². The third-order valence-electron chi connectivity index (χ3n) is 4.53. The van der Waals surface area contributed by atoms with Gasteiger partial charge in [-0.1, -0.05) is 44.5 Å². The second kappa shape index (κ2) is 8.86. The molecule has 1 N–H and O–H groups in total. The van der Waals surface area contributed by atoms with Crippen LogP contribution in [0.4, 0.5) is 0 Å². The van der Waals surface area contributed by atoms with Crippen LogP contribution in [-0.2, 0) is 11.3 Å². The van der Waals surface area contributed by atoms with Gasteiger partial charge >= 0.3 is 0 Å². The van der Waals surface area contributed by atoms with Gasteiger partial charge in [-0.3, -0.25) is 9.36 Å². The molecule has 1 amide bonds. The van der Waals surface area contributed by atoms with Gasteiger partial charge in [0.25, 0.3) is 0 Å². The Balaban J connectivity index is 1.69. The van der Waals surface area contributed by atoms with Crippen LogP contribution in [0.3, 0.4) is 0 Å². The Hall–Kier alpha value is -1.60. The van der Waals surface area contributed by atoms with E-state index in [1.54, 1.807) is 11.3 Å². The highest BCUT2D eigenvalue weighted by molar-refractivity contribution is 7.99. The summed E-state index contributed by atoms with van der Waals surface area (Å²) in [7, 11) is 0. The number of nitrogens with zero attached hydrogens (tertiary/aromatic N) is 3. The number of allylic oxidation sites excluding steroid dienone is 1. The first kappa shape index (κ1) is 19.2. The van der Waals surface area contributed by atoms with Crippen molar-refractivity contribution in [3.63, 3.8) is 0 Å². The van der Waals surface area contributed by atoms with Gasteiger partial charge in [-0.2, -0.15) is 0 Å². The van der Waals surface area contributed by atoms with E-state index in [0.717, 1.165) is 29.4 Å². The number of amides is 1. The van der Waals surface area contributed by atoms with E-state index in [4.69, 9.17) is 0 Å². The fourth-order valence-electron chi connectivity index (χ4n) is 3.15. The average molecular weight is 391 g/mol. The molecule has 0 spiro atoms. The van der Waals surface area contributed by atoms with Crippen LogP contribution in [0.2, 0.25) is 0 Å². The van der Waals surface area contributed by atoms with E-state index in [0.29, 0.717) is 24.3 Å². The minimum atomic E-state index is 0.0780. The number of hydrogen-bond donors (Lipinski definition) is 1. The third-order valence-corrected chi connectivity index (χ3v) is 6.73. The molecule has 140 valence electrons. The normalized spacial score (nSPS) is 14.9. The minimum Gasteiger partial charge on any atom is -0.353 e. The maximum atomic E-state index is 12.2. The molecule has 2 aromatic heterocycles. The number of nitrogens with one attached hydrogen (secondary N) is 1. The number of carbonyl (C=O) groups excluding carboxylic acids is 1. The number of carbonyl (C=O) groups is 1. The first-order valence-electron chi connectivity index (χ1n) is 9.13. The van der Waals surface area contributed by atoms with Gasteiger partial charge < -0.3 is 5.32 Å². The highest BCUT2D eigenvalue weighted by atomic mass is 32.2. The Morgan fingerprint density at radius 3 is 2.88 bits per heavy atom. The molecule has 0 radical (unpaired) electrons. The molecule has 0 saturated heterocycles. The third kappa shape index (κ3) is 4.57. The number of thiophene rings is 1. The van der Waals surface area contributed by atoms with Crippen molar-refractivity contribution >= 4 is 29.0 Å². The summed E-state index contributed by atoms with van der Waals surface area (Å²) in [5.41, 5.74) is 1.08. The molecule has 7 heteroatoms. The number of rotatable bonds is 8. The second-order valence-electron chi connectivity index (χ2n) is 6.94. The predicted octanol–water partition coefficient (Wildman–Crippen LogP) is 4.47. The van der Waals surface area contributed by atoms with E-state index in [1.165, 1.54) is 29.5 Å². The van der Waals surface area contributed by atoms with Crippen molar-refractivity contribution in [2.24, 2.45) is 0 Å². The summed E-state index contributed by atoms with van der Waals surface area (Å²) >= 11 is 3.19. The van der Waals surface area contributed by atoms with Crippen molar-refractivity contribution in [1.29, 1.82) is 0 Å². The molecule has 1 fully saturated rings. The lowest BCUT2D eigenvalue weighted by atomic mass is 10.1. The summed E-state index contributed by atoms with van der Waals surface area (Å²) in [6, 6.07) is 2.53. The molecule has 3 rings (SSSR count).